The van der Waals surface area contributed by atoms with Gasteiger partial charge in [-0.05, 0) is 46.5 Å². The Morgan fingerprint density at radius 3 is 2.86 bits per heavy atom. The van der Waals surface area contributed by atoms with Crippen LogP contribution in [-0.4, -0.2) is 38.0 Å². The van der Waals surface area contributed by atoms with E-state index in [1.807, 2.05) is 0 Å². The highest BCUT2D eigenvalue weighted by molar-refractivity contribution is 9.10. The van der Waals surface area contributed by atoms with E-state index < -0.39 is 5.97 Å². The average molecular weight is 406 g/mol. The summed E-state index contributed by atoms with van der Waals surface area (Å²) >= 11 is 9.61. The summed E-state index contributed by atoms with van der Waals surface area (Å²) in [6.45, 7) is 0.320. The fourth-order valence-electron chi connectivity index (χ4n) is 2.10. The summed E-state index contributed by atoms with van der Waals surface area (Å²) in [7, 11) is 0. The summed E-state index contributed by atoms with van der Waals surface area (Å²) in [5.74, 6) is -1.35. The van der Waals surface area contributed by atoms with E-state index in [0.29, 0.717) is 28.2 Å². The number of carbonyl (C=O) groups excluding carboxylic acids is 1. The zero-order valence-electron chi connectivity index (χ0n) is 11.4. The number of aliphatic carboxylic acids is 1. The fraction of sp³-hybridized carbons (Fsp3) is 0.357. The van der Waals surface area contributed by atoms with E-state index in [1.54, 1.807) is 12.1 Å². The highest BCUT2D eigenvalue weighted by atomic mass is 79.9. The first kappa shape index (κ1) is 17.4. The van der Waals surface area contributed by atoms with Gasteiger partial charge >= 0.3 is 5.97 Å². The normalized spacial score (nSPS) is 18.1. The molecule has 1 N–H and O–H groups in total. The van der Waals surface area contributed by atoms with Crippen LogP contribution >= 0.6 is 39.9 Å². The van der Waals surface area contributed by atoms with Crippen molar-refractivity contribution in [2.45, 2.75) is 24.5 Å². The molecule has 1 heterocycles. The first-order valence-electron chi connectivity index (χ1n) is 6.56. The second-order valence-electron chi connectivity index (χ2n) is 4.81. The third-order valence-corrected chi connectivity index (χ3v) is 5.37. The molecule has 1 atom stereocenters. The number of thioether (sulfide) groups is 1. The molecule has 0 aliphatic carbocycles. The molecule has 1 aliphatic heterocycles. The van der Waals surface area contributed by atoms with E-state index in [0.717, 1.165) is 5.56 Å². The number of hydrogen-bond donors (Lipinski definition) is 1. The minimum Gasteiger partial charge on any atom is -0.481 e. The zero-order valence-corrected chi connectivity index (χ0v) is 14.6. The van der Waals surface area contributed by atoms with Crippen LogP contribution < -0.4 is 0 Å². The van der Waals surface area contributed by atoms with Crippen molar-refractivity contribution in [1.29, 1.82) is 0 Å². The van der Waals surface area contributed by atoms with E-state index in [4.69, 9.17) is 17.3 Å². The average Bonchev–Trinajstić information content (AvgIpc) is 2.70. The smallest absolute Gasteiger partial charge is 0.303 e. The lowest BCUT2D eigenvalue weighted by molar-refractivity contribution is -0.137. The van der Waals surface area contributed by atoms with Crippen molar-refractivity contribution in [3.8, 4) is 0 Å². The van der Waals surface area contributed by atoms with E-state index in [1.165, 1.54) is 22.7 Å². The molecule has 118 valence electrons. The van der Waals surface area contributed by atoms with Crippen LogP contribution in [0.1, 0.15) is 18.4 Å². The third-order valence-electron chi connectivity index (χ3n) is 3.18. The van der Waals surface area contributed by atoms with Crippen LogP contribution in [0.2, 0.25) is 0 Å². The Morgan fingerprint density at radius 2 is 2.23 bits per heavy atom. The highest BCUT2D eigenvalue weighted by Crippen LogP contribution is 2.31. The van der Waals surface area contributed by atoms with Gasteiger partial charge in [0.2, 0.25) is 5.91 Å². The van der Waals surface area contributed by atoms with Gasteiger partial charge in [0.05, 0.1) is 9.72 Å². The number of nitrogens with zero attached hydrogens (tertiary/aromatic N) is 1. The number of halogens is 2. The van der Waals surface area contributed by atoms with Gasteiger partial charge in [0, 0.05) is 13.0 Å². The van der Waals surface area contributed by atoms with Crippen LogP contribution in [0, 0.1) is 5.82 Å². The zero-order chi connectivity index (χ0) is 16.3. The lowest BCUT2D eigenvalue weighted by atomic mass is 10.1. The van der Waals surface area contributed by atoms with Crippen LogP contribution in [0.4, 0.5) is 4.39 Å². The van der Waals surface area contributed by atoms with Crippen LogP contribution in [0.15, 0.2) is 22.7 Å². The van der Waals surface area contributed by atoms with Gasteiger partial charge in [-0.15, -0.1) is 0 Å². The maximum atomic E-state index is 13.2. The standard InChI is InChI=1S/C14H13BrFNO3S2/c15-9-6-8(3-4-10(9)16)7-11-13(20)17(14(21)22-11)5-1-2-12(18)19/h3-4,6,11H,1-2,5,7H2,(H,18,19). The summed E-state index contributed by atoms with van der Waals surface area (Å²) in [6.07, 6.45) is 0.834. The van der Waals surface area contributed by atoms with Gasteiger partial charge < -0.3 is 5.11 Å². The summed E-state index contributed by atoms with van der Waals surface area (Å²) in [4.78, 5) is 24.3. The van der Waals surface area contributed by atoms with Crippen LogP contribution in [0.3, 0.4) is 0 Å². The van der Waals surface area contributed by atoms with Crippen molar-refractivity contribution in [2.75, 3.05) is 6.54 Å². The minimum absolute atomic E-state index is 0.00658. The van der Waals surface area contributed by atoms with Crippen LogP contribution in [0.5, 0.6) is 0 Å². The summed E-state index contributed by atoms with van der Waals surface area (Å²) in [6, 6.07) is 4.65. The number of amides is 1. The lowest BCUT2D eigenvalue weighted by Gasteiger charge is -2.14. The lowest BCUT2D eigenvalue weighted by Crippen LogP contribution is -2.33. The molecule has 1 aromatic rings. The maximum Gasteiger partial charge on any atom is 0.303 e. The van der Waals surface area contributed by atoms with Crippen molar-refractivity contribution in [1.82, 2.24) is 4.90 Å². The van der Waals surface area contributed by atoms with Gasteiger partial charge in [-0.25, -0.2) is 4.39 Å². The van der Waals surface area contributed by atoms with Gasteiger partial charge in [0.1, 0.15) is 10.1 Å². The summed E-state index contributed by atoms with van der Waals surface area (Å²) in [5, 5.41) is 8.30. The number of carbonyl (C=O) groups is 2. The Labute approximate surface area is 145 Å². The molecule has 22 heavy (non-hydrogen) atoms. The Bertz CT molecular complexity index is 626. The first-order chi connectivity index (χ1) is 10.4. The predicted molar refractivity (Wildman–Crippen MR) is 90.4 cm³/mol. The summed E-state index contributed by atoms with van der Waals surface area (Å²) < 4.78 is 14.1. The first-order valence-corrected chi connectivity index (χ1v) is 8.64. The minimum atomic E-state index is -0.891. The second-order valence-corrected chi connectivity index (χ2v) is 7.50. The molecule has 1 aliphatic rings. The molecular weight excluding hydrogens is 393 g/mol. The molecule has 2 rings (SSSR count). The molecule has 0 bridgehead atoms. The van der Waals surface area contributed by atoms with Gasteiger partial charge in [-0.2, -0.15) is 0 Å². The SMILES string of the molecule is O=C(O)CCCN1C(=O)C(Cc2ccc(F)c(Br)c2)SC1=S. The molecule has 0 spiro atoms. The number of thiocarbonyl (C=S) groups is 1. The van der Waals surface area contributed by atoms with E-state index in [9.17, 15) is 14.0 Å². The van der Waals surface area contributed by atoms with Crippen molar-refractivity contribution in [3.05, 3.63) is 34.1 Å². The molecule has 1 saturated heterocycles. The molecule has 0 radical (unpaired) electrons. The molecule has 4 nitrogen and oxygen atoms in total. The van der Waals surface area contributed by atoms with Gasteiger partial charge in [-0.1, -0.05) is 30.0 Å². The van der Waals surface area contributed by atoms with Crippen molar-refractivity contribution < 1.29 is 19.1 Å². The molecule has 1 fully saturated rings. The number of carboxylic acid groups (broad SMARTS) is 1. The number of hydrogen-bond acceptors (Lipinski definition) is 4. The van der Waals surface area contributed by atoms with Crippen molar-refractivity contribution in [3.63, 3.8) is 0 Å². The Kier molecular flexibility index (Phi) is 5.94. The molecule has 0 saturated carbocycles. The Hall–Kier alpha value is -0.990. The number of benzene rings is 1. The molecule has 1 amide bonds. The van der Waals surface area contributed by atoms with Gasteiger partial charge in [0.25, 0.3) is 0 Å². The van der Waals surface area contributed by atoms with Crippen molar-refractivity contribution >= 4 is 56.1 Å². The molecular formula is C14H13BrFNO3S2. The third kappa shape index (κ3) is 4.27. The van der Waals surface area contributed by atoms with Gasteiger partial charge in [-0.3, -0.25) is 14.5 Å². The van der Waals surface area contributed by atoms with E-state index in [2.05, 4.69) is 15.9 Å². The van der Waals surface area contributed by atoms with E-state index in [-0.39, 0.29) is 23.4 Å². The topological polar surface area (TPSA) is 57.6 Å². The van der Waals surface area contributed by atoms with E-state index >= 15 is 0 Å². The molecule has 0 aromatic heterocycles. The quantitative estimate of drug-likeness (QED) is 0.736. The largest absolute Gasteiger partial charge is 0.481 e. The molecule has 1 unspecified atom stereocenters. The highest BCUT2D eigenvalue weighted by Gasteiger charge is 2.36. The predicted octanol–water partition coefficient (Wildman–Crippen LogP) is 3.22. The molecule has 1 aromatic carbocycles. The summed E-state index contributed by atoms with van der Waals surface area (Å²) in [5.41, 5.74) is 0.842. The van der Waals surface area contributed by atoms with Crippen LogP contribution in [0.25, 0.3) is 0 Å². The number of carboxylic acids is 1. The fourth-order valence-corrected chi connectivity index (χ4v) is 4.11. The van der Waals surface area contributed by atoms with Crippen LogP contribution in [-0.2, 0) is 16.0 Å². The molecule has 8 heteroatoms. The monoisotopic (exact) mass is 405 g/mol. The Balaban J connectivity index is 1.98. The van der Waals surface area contributed by atoms with Crippen molar-refractivity contribution in [2.24, 2.45) is 0 Å². The maximum absolute atomic E-state index is 13.2. The van der Waals surface area contributed by atoms with Gasteiger partial charge in [0.15, 0.2) is 0 Å². The Morgan fingerprint density at radius 1 is 1.50 bits per heavy atom. The number of rotatable bonds is 6. The second kappa shape index (κ2) is 7.52.